The van der Waals surface area contributed by atoms with Crippen LogP contribution in [-0.4, -0.2) is 19.5 Å². The van der Waals surface area contributed by atoms with Crippen LogP contribution in [0.4, 0.5) is 0 Å². The van der Waals surface area contributed by atoms with Gasteiger partial charge in [-0.2, -0.15) is 0 Å². The van der Waals surface area contributed by atoms with Crippen LogP contribution in [0, 0.1) is 35.5 Å². The van der Waals surface area contributed by atoms with Gasteiger partial charge in [-0.25, -0.2) is 0 Å². The van der Waals surface area contributed by atoms with Gasteiger partial charge in [0.15, 0.2) is 6.29 Å². The van der Waals surface area contributed by atoms with Crippen LogP contribution in [-0.2, 0) is 9.47 Å². The Labute approximate surface area is 155 Å². The standard InChI is InChI=1S/C23H34O2/c1-2-3-4-5-6-7-8-9-10-11-12-13-14-15-16-18-21-24-23-20-17-19-22-25-23/h23H,2-9,12,15,17,19-22H2,1H3. The molecule has 1 aliphatic rings. The van der Waals surface area contributed by atoms with E-state index in [0.717, 1.165) is 25.9 Å². The number of unbranched alkanes of at least 4 members (excludes halogenated alkanes) is 7. The van der Waals surface area contributed by atoms with Gasteiger partial charge in [0.2, 0.25) is 0 Å². The summed E-state index contributed by atoms with van der Waals surface area (Å²) in [7, 11) is 0. The lowest BCUT2D eigenvalue weighted by Crippen LogP contribution is -2.22. The zero-order chi connectivity index (χ0) is 17.8. The van der Waals surface area contributed by atoms with Crippen molar-refractivity contribution in [3.8, 4) is 35.5 Å². The van der Waals surface area contributed by atoms with Crippen LogP contribution in [0.3, 0.4) is 0 Å². The topological polar surface area (TPSA) is 18.5 Å². The molecule has 138 valence electrons. The van der Waals surface area contributed by atoms with E-state index in [1.807, 2.05) is 0 Å². The second-order valence-corrected chi connectivity index (χ2v) is 6.39. The molecule has 0 saturated carbocycles. The second-order valence-electron chi connectivity index (χ2n) is 6.39. The van der Waals surface area contributed by atoms with E-state index in [2.05, 4.69) is 42.4 Å². The monoisotopic (exact) mass is 342 g/mol. The van der Waals surface area contributed by atoms with Crippen LogP contribution in [0.15, 0.2) is 0 Å². The molecule has 1 aliphatic heterocycles. The number of ether oxygens (including phenoxy) is 2. The Hall–Kier alpha value is -1.40. The van der Waals surface area contributed by atoms with Gasteiger partial charge in [-0.1, -0.05) is 75.1 Å². The van der Waals surface area contributed by atoms with Crippen molar-refractivity contribution >= 4 is 0 Å². The lowest BCUT2D eigenvalue weighted by molar-refractivity contribution is -0.154. The van der Waals surface area contributed by atoms with Crippen LogP contribution in [0.5, 0.6) is 0 Å². The van der Waals surface area contributed by atoms with E-state index in [4.69, 9.17) is 9.47 Å². The van der Waals surface area contributed by atoms with Crippen molar-refractivity contribution in [2.45, 2.75) is 96.7 Å². The fraction of sp³-hybridized carbons (Fsp3) is 0.739. The van der Waals surface area contributed by atoms with Gasteiger partial charge in [0.25, 0.3) is 0 Å². The molecule has 1 fully saturated rings. The molecule has 0 aromatic carbocycles. The van der Waals surface area contributed by atoms with Gasteiger partial charge in [0.1, 0.15) is 6.61 Å². The highest BCUT2D eigenvalue weighted by Gasteiger charge is 2.12. The number of hydrogen-bond acceptors (Lipinski definition) is 2. The van der Waals surface area contributed by atoms with Crippen molar-refractivity contribution in [3.05, 3.63) is 0 Å². The maximum Gasteiger partial charge on any atom is 0.158 e. The molecule has 1 unspecified atom stereocenters. The maximum absolute atomic E-state index is 5.54. The van der Waals surface area contributed by atoms with Gasteiger partial charge in [0, 0.05) is 13.0 Å². The summed E-state index contributed by atoms with van der Waals surface area (Å²) in [6.45, 7) is 3.50. The van der Waals surface area contributed by atoms with E-state index < -0.39 is 0 Å². The summed E-state index contributed by atoms with van der Waals surface area (Å²) in [5, 5.41) is 0. The van der Waals surface area contributed by atoms with Crippen LogP contribution >= 0.6 is 0 Å². The van der Waals surface area contributed by atoms with Gasteiger partial charge < -0.3 is 9.47 Å². The van der Waals surface area contributed by atoms with Gasteiger partial charge in [-0.05, 0) is 25.7 Å². The smallest absolute Gasteiger partial charge is 0.158 e. The van der Waals surface area contributed by atoms with E-state index in [-0.39, 0.29) is 6.29 Å². The molecule has 0 N–H and O–H groups in total. The van der Waals surface area contributed by atoms with Gasteiger partial charge >= 0.3 is 0 Å². The molecule has 0 aromatic heterocycles. The molecule has 1 rings (SSSR count). The minimum atomic E-state index is -0.0549. The van der Waals surface area contributed by atoms with Gasteiger partial charge in [-0.15, -0.1) is 5.92 Å². The normalized spacial score (nSPS) is 16.0. The summed E-state index contributed by atoms with van der Waals surface area (Å²) in [6, 6.07) is 0. The maximum atomic E-state index is 5.54. The Kier molecular flexibility index (Phi) is 15.1. The lowest BCUT2D eigenvalue weighted by Gasteiger charge is -2.21. The van der Waals surface area contributed by atoms with E-state index >= 15 is 0 Å². The summed E-state index contributed by atoms with van der Waals surface area (Å²) in [5.41, 5.74) is 0. The Balaban J connectivity index is 1.90. The van der Waals surface area contributed by atoms with E-state index in [1.54, 1.807) is 0 Å². The molecule has 0 amide bonds. The Morgan fingerprint density at radius 1 is 0.800 bits per heavy atom. The average Bonchev–Trinajstić information content (AvgIpc) is 2.65. The van der Waals surface area contributed by atoms with Crippen LogP contribution in [0.25, 0.3) is 0 Å². The van der Waals surface area contributed by atoms with Crippen molar-refractivity contribution in [2.75, 3.05) is 13.2 Å². The predicted molar refractivity (Wildman–Crippen MR) is 105 cm³/mol. The Bertz CT molecular complexity index is 483. The molecule has 0 radical (unpaired) electrons. The molecule has 1 saturated heterocycles. The van der Waals surface area contributed by atoms with Crippen molar-refractivity contribution in [2.24, 2.45) is 0 Å². The second kappa shape index (κ2) is 17.4. The van der Waals surface area contributed by atoms with Crippen molar-refractivity contribution in [3.63, 3.8) is 0 Å². The summed E-state index contributed by atoms with van der Waals surface area (Å²) in [6.07, 6.45) is 14.9. The molecular weight excluding hydrogens is 308 g/mol. The highest BCUT2D eigenvalue weighted by atomic mass is 16.7. The Morgan fingerprint density at radius 3 is 2.20 bits per heavy atom. The molecule has 2 nitrogen and oxygen atoms in total. The third-order valence-corrected chi connectivity index (χ3v) is 4.11. The van der Waals surface area contributed by atoms with Crippen LogP contribution in [0.2, 0.25) is 0 Å². The predicted octanol–water partition coefficient (Wildman–Crippen LogP) is 5.46. The first-order valence-electron chi connectivity index (χ1n) is 10.0. The average molecular weight is 343 g/mol. The minimum Gasteiger partial charge on any atom is -0.353 e. The Morgan fingerprint density at radius 2 is 1.48 bits per heavy atom. The largest absolute Gasteiger partial charge is 0.353 e. The molecule has 0 aliphatic carbocycles. The van der Waals surface area contributed by atoms with Crippen LogP contribution in [0.1, 0.15) is 90.4 Å². The zero-order valence-corrected chi connectivity index (χ0v) is 16.0. The third kappa shape index (κ3) is 14.6. The zero-order valence-electron chi connectivity index (χ0n) is 16.0. The quantitative estimate of drug-likeness (QED) is 0.409. The SMILES string of the molecule is CCCCCCCCCC#CCC#CCC#CCOC1CCCCO1. The highest BCUT2D eigenvalue weighted by Crippen LogP contribution is 2.13. The van der Waals surface area contributed by atoms with Crippen molar-refractivity contribution < 1.29 is 9.47 Å². The molecule has 0 spiro atoms. The minimum absolute atomic E-state index is 0.0549. The number of rotatable bonds is 9. The van der Waals surface area contributed by atoms with E-state index in [1.165, 1.54) is 51.4 Å². The lowest BCUT2D eigenvalue weighted by atomic mass is 10.1. The molecule has 1 atom stereocenters. The summed E-state index contributed by atoms with van der Waals surface area (Å²) in [4.78, 5) is 0. The fourth-order valence-electron chi connectivity index (χ4n) is 2.63. The van der Waals surface area contributed by atoms with Crippen molar-refractivity contribution in [1.29, 1.82) is 0 Å². The summed E-state index contributed by atoms with van der Waals surface area (Å²) < 4.78 is 11.0. The molecular formula is C23H34O2. The molecule has 2 heteroatoms. The first-order chi connectivity index (χ1) is 12.4. The first kappa shape index (κ1) is 21.6. The molecule has 1 heterocycles. The third-order valence-electron chi connectivity index (χ3n) is 4.11. The molecule has 25 heavy (non-hydrogen) atoms. The van der Waals surface area contributed by atoms with Gasteiger partial charge in [0.05, 0.1) is 12.8 Å². The molecule has 0 bridgehead atoms. The fourth-order valence-corrected chi connectivity index (χ4v) is 2.63. The first-order valence-corrected chi connectivity index (χ1v) is 10.0. The van der Waals surface area contributed by atoms with Crippen molar-refractivity contribution in [1.82, 2.24) is 0 Å². The number of hydrogen-bond donors (Lipinski definition) is 0. The summed E-state index contributed by atoms with van der Waals surface area (Å²) in [5.74, 6) is 18.4. The molecule has 0 aromatic rings. The van der Waals surface area contributed by atoms with Gasteiger partial charge in [-0.3, -0.25) is 0 Å². The van der Waals surface area contributed by atoms with Crippen LogP contribution < -0.4 is 0 Å². The summed E-state index contributed by atoms with van der Waals surface area (Å²) >= 11 is 0. The van der Waals surface area contributed by atoms with E-state index in [9.17, 15) is 0 Å². The van der Waals surface area contributed by atoms with E-state index in [0.29, 0.717) is 19.4 Å². The highest BCUT2D eigenvalue weighted by molar-refractivity contribution is 5.16.